The normalized spacial score (nSPS) is 20.8. The van der Waals surface area contributed by atoms with E-state index < -0.39 is 5.92 Å². The summed E-state index contributed by atoms with van der Waals surface area (Å²) in [5, 5.41) is 14.2. The van der Waals surface area contributed by atoms with Gasteiger partial charge in [-0.15, -0.1) is 0 Å². The van der Waals surface area contributed by atoms with Gasteiger partial charge in [-0.05, 0) is 38.6 Å². The van der Waals surface area contributed by atoms with Crippen LogP contribution in [0.4, 0.5) is 0 Å². The average molecular weight is 394 g/mol. The van der Waals surface area contributed by atoms with Crippen molar-refractivity contribution in [2.75, 3.05) is 0 Å². The summed E-state index contributed by atoms with van der Waals surface area (Å²) in [6, 6.07) is 20.6. The van der Waals surface area contributed by atoms with E-state index in [2.05, 4.69) is 50.2 Å². The highest BCUT2D eigenvalue weighted by atomic mass is 16.5. The molecule has 0 radical (unpaired) electrons. The summed E-state index contributed by atoms with van der Waals surface area (Å²) < 4.78 is 5.87. The van der Waals surface area contributed by atoms with Crippen LogP contribution in [0.5, 0.6) is 0 Å². The Morgan fingerprint density at radius 1 is 1.03 bits per heavy atom. The van der Waals surface area contributed by atoms with Gasteiger partial charge in [-0.3, -0.25) is 4.79 Å². The fourth-order valence-corrected chi connectivity index (χ4v) is 4.93. The van der Waals surface area contributed by atoms with E-state index in [1.165, 1.54) is 0 Å². The van der Waals surface area contributed by atoms with Gasteiger partial charge in [0.1, 0.15) is 17.4 Å². The predicted octanol–water partition coefficient (Wildman–Crippen LogP) is 5.44. The molecule has 4 nitrogen and oxygen atoms in total. The SMILES string of the molecule is CC1(C)CC(=O)C2=C(C1)OC(N)=C(C#N)C2c1c2ccccc2cc2ccccc12. The number of Topliss-reactive ketones (excluding diaryl/α,β-unsaturated/α-hetero) is 1. The number of fused-ring (bicyclic) bond motifs is 2. The van der Waals surface area contributed by atoms with Gasteiger partial charge in [-0.25, -0.2) is 0 Å². The number of ether oxygens (including phenoxy) is 1. The van der Waals surface area contributed by atoms with Gasteiger partial charge in [0.15, 0.2) is 5.78 Å². The predicted molar refractivity (Wildman–Crippen MR) is 117 cm³/mol. The number of carbonyl (C=O) groups is 1. The van der Waals surface area contributed by atoms with Crippen LogP contribution in [0.15, 0.2) is 77.4 Å². The molecule has 4 heteroatoms. The molecule has 0 saturated heterocycles. The Balaban J connectivity index is 1.90. The summed E-state index contributed by atoms with van der Waals surface area (Å²) >= 11 is 0. The zero-order valence-corrected chi connectivity index (χ0v) is 17.0. The summed E-state index contributed by atoms with van der Waals surface area (Å²) in [5.41, 5.74) is 7.88. The van der Waals surface area contributed by atoms with Gasteiger partial charge in [-0.2, -0.15) is 5.26 Å². The van der Waals surface area contributed by atoms with E-state index in [-0.39, 0.29) is 17.1 Å². The Morgan fingerprint density at radius 2 is 1.63 bits per heavy atom. The Morgan fingerprint density at radius 3 is 2.23 bits per heavy atom. The first-order chi connectivity index (χ1) is 14.4. The molecule has 0 amide bonds. The van der Waals surface area contributed by atoms with Gasteiger partial charge in [0.05, 0.1) is 5.92 Å². The third-order valence-corrected chi connectivity index (χ3v) is 6.18. The molecule has 0 fully saturated rings. The molecule has 2 aliphatic rings. The molecule has 30 heavy (non-hydrogen) atoms. The average Bonchev–Trinajstić information content (AvgIpc) is 2.70. The lowest BCUT2D eigenvalue weighted by Crippen LogP contribution is -2.33. The summed E-state index contributed by atoms with van der Waals surface area (Å²) in [4.78, 5) is 13.4. The molecular weight excluding hydrogens is 372 g/mol. The van der Waals surface area contributed by atoms with Crippen molar-refractivity contribution in [2.24, 2.45) is 11.1 Å². The molecule has 1 aliphatic heterocycles. The molecule has 3 aromatic carbocycles. The van der Waals surface area contributed by atoms with E-state index >= 15 is 0 Å². The molecule has 2 N–H and O–H groups in total. The topological polar surface area (TPSA) is 76.1 Å². The lowest BCUT2D eigenvalue weighted by atomic mass is 9.69. The molecule has 3 aromatic rings. The molecular formula is C26H22N2O2. The molecule has 148 valence electrons. The zero-order valence-electron chi connectivity index (χ0n) is 17.0. The first-order valence-corrected chi connectivity index (χ1v) is 10.1. The second-order valence-corrected chi connectivity index (χ2v) is 8.94. The molecule has 1 aliphatic carbocycles. The zero-order chi connectivity index (χ0) is 21.0. The third-order valence-electron chi connectivity index (χ3n) is 6.18. The Labute approximate surface area is 175 Å². The van der Waals surface area contributed by atoms with E-state index in [1.807, 2.05) is 24.3 Å². The number of nitrogens with two attached hydrogens (primary N) is 1. The Hall–Kier alpha value is -3.58. The Kier molecular flexibility index (Phi) is 3.98. The number of hydrogen-bond acceptors (Lipinski definition) is 4. The molecule has 5 rings (SSSR count). The maximum absolute atomic E-state index is 13.4. The lowest BCUT2D eigenvalue weighted by molar-refractivity contribution is -0.119. The molecule has 1 unspecified atom stereocenters. The third kappa shape index (κ3) is 2.70. The van der Waals surface area contributed by atoms with Crippen LogP contribution in [-0.2, 0) is 9.53 Å². The number of nitrogens with zero attached hydrogens (tertiary/aromatic N) is 1. The minimum atomic E-state index is -0.529. The van der Waals surface area contributed by atoms with Crippen LogP contribution in [-0.4, -0.2) is 5.78 Å². The minimum Gasteiger partial charge on any atom is -0.444 e. The summed E-state index contributed by atoms with van der Waals surface area (Å²) in [5.74, 6) is 0.209. The summed E-state index contributed by atoms with van der Waals surface area (Å²) in [6.07, 6.45) is 1.04. The van der Waals surface area contributed by atoms with E-state index in [1.54, 1.807) is 0 Å². The highest BCUT2D eigenvalue weighted by molar-refractivity contribution is 6.07. The van der Waals surface area contributed by atoms with Gasteiger partial charge < -0.3 is 10.5 Å². The monoisotopic (exact) mass is 394 g/mol. The highest BCUT2D eigenvalue weighted by Gasteiger charge is 2.43. The van der Waals surface area contributed by atoms with Crippen LogP contribution in [0.3, 0.4) is 0 Å². The van der Waals surface area contributed by atoms with Crippen molar-refractivity contribution < 1.29 is 9.53 Å². The molecule has 0 saturated carbocycles. The van der Waals surface area contributed by atoms with Crippen molar-refractivity contribution in [3.8, 4) is 6.07 Å². The van der Waals surface area contributed by atoms with E-state index in [9.17, 15) is 10.1 Å². The molecule has 0 bridgehead atoms. The summed E-state index contributed by atoms with van der Waals surface area (Å²) in [6.45, 7) is 4.11. The number of allylic oxidation sites excluding steroid dienone is 3. The van der Waals surface area contributed by atoms with Crippen LogP contribution in [0.2, 0.25) is 0 Å². The van der Waals surface area contributed by atoms with Gasteiger partial charge in [-0.1, -0.05) is 62.4 Å². The van der Waals surface area contributed by atoms with Crippen LogP contribution in [0.25, 0.3) is 21.5 Å². The van der Waals surface area contributed by atoms with Gasteiger partial charge in [0.2, 0.25) is 5.88 Å². The summed E-state index contributed by atoms with van der Waals surface area (Å²) in [7, 11) is 0. The Bertz CT molecular complexity index is 1280. The number of carbonyl (C=O) groups excluding carboxylic acids is 1. The van der Waals surface area contributed by atoms with Crippen molar-refractivity contribution in [3.05, 3.63) is 82.9 Å². The second kappa shape index (κ2) is 6.47. The smallest absolute Gasteiger partial charge is 0.205 e. The largest absolute Gasteiger partial charge is 0.444 e. The van der Waals surface area contributed by atoms with Crippen LogP contribution in [0.1, 0.15) is 38.2 Å². The fraction of sp³-hybridized carbons (Fsp3) is 0.231. The van der Waals surface area contributed by atoms with Gasteiger partial charge >= 0.3 is 0 Å². The first kappa shape index (κ1) is 18.4. The molecule has 0 aromatic heterocycles. The molecule has 1 atom stereocenters. The molecule has 0 spiro atoms. The standard InChI is InChI=1S/C26H22N2O2/c1-26(2)12-20(29)24-21(13-26)30-25(28)19(14-27)23(24)22-17-9-5-3-7-15(17)11-16-8-4-6-10-18(16)22/h3-11,23H,12-13,28H2,1-2H3. The maximum Gasteiger partial charge on any atom is 0.205 e. The van der Waals surface area contributed by atoms with Gasteiger partial charge in [0.25, 0.3) is 0 Å². The first-order valence-electron chi connectivity index (χ1n) is 10.1. The van der Waals surface area contributed by atoms with Crippen LogP contribution >= 0.6 is 0 Å². The fourth-order valence-electron chi connectivity index (χ4n) is 4.93. The number of benzene rings is 3. The van der Waals surface area contributed by atoms with Crippen LogP contribution in [0, 0.1) is 16.7 Å². The lowest BCUT2D eigenvalue weighted by Gasteiger charge is -2.37. The van der Waals surface area contributed by atoms with Crippen molar-refractivity contribution in [3.63, 3.8) is 0 Å². The molecule has 1 heterocycles. The highest BCUT2D eigenvalue weighted by Crippen LogP contribution is 2.50. The van der Waals surface area contributed by atoms with Gasteiger partial charge in [0, 0.05) is 18.4 Å². The van der Waals surface area contributed by atoms with Crippen molar-refractivity contribution in [2.45, 2.75) is 32.6 Å². The van der Waals surface area contributed by atoms with E-state index in [0.717, 1.165) is 27.1 Å². The number of ketones is 1. The number of nitriles is 1. The van der Waals surface area contributed by atoms with Crippen LogP contribution < -0.4 is 5.73 Å². The minimum absolute atomic E-state index is 0.0310. The van der Waals surface area contributed by atoms with Crippen molar-refractivity contribution >= 4 is 27.3 Å². The van der Waals surface area contributed by atoms with E-state index in [0.29, 0.717) is 29.7 Å². The second-order valence-electron chi connectivity index (χ2n) is 8.94. The maximum atomic E-state index is 13.4. The van der Waals surface area contributed by atoms with E-state index in [4.69, 9.17) is 10.5 Å². The van der Waals surface area contributed by atoms with Crippen molar-refractivity contribution in [1.29, 1.82) is 5.26 Å². The quantitative estimate of drug-likeness (QED) is 0.557. The number of hydrogen-bond donors (Lipinski definition) is 1. The number of rotatable bonds is 1. The van der Waals surface area contributed by atoms with Crippen molar-refractivity contribution in [1.82, 2.24) is 0 Å².